The molecule has 0 radical (unpaired) electrons. The second-order valence-electron chi connectivity index (χ2n) is 6.84. The standard InChI is InChI=1S/C22H20N4O/c1-2-6-17(7-3-1)22-24-21(27-25-22)15-26-12-10-16(11-13-26)19-14-23-20-9-5-4-8-18(19)20/h1-10,14,23H,11-13,15H2. The minimum absolute atomic E-state index is 0.651. The second kappa shape index (κ2) is 6.85. The fraction of sp³-hybridized carbons (Fsp3) is 0.182. The maximum absolute atomic E-state index is 5.45. The van der Waals surface area contributed by atoms with Gasteiger partial charge in [0.15, 0.2) is 0 Å². The lowest BCUT2D eigenvalue weighted by Gasteiger charge is -2.24. The van der Waals surface area contributed by atoms with Crippen LogP contribution in [0.25, 0.3) is 27.9 Å². The third kappa shape index (κ3) is 3.17. The number of para-hydroxylation sites is 1. The smallest absolute Gasteiger partial charge is 0.241 e. The molecule has 27 heavy (non-hydrogen) atoms. The zero-order chi connectivity index (χ0) is 18.1. The number of aromatic amines is 1. The van der Waals surface area contributed by atoms with Crippen molar-refractivity contribution in [3.05, 3.63) is 78.3 Å². The van der Waals surface area contributed by atoms with Crippen molar-refractivity contribution < 1.29 is 4.52 Å². The van der Waals surface area contributed by atoms with E-state index in [2.05, 4.69) is 56.6 Å². The van der Waals surface area contributed by atoms with Crippen molar-refractivity contribution >= 4 is 16.5 Å². The molecule has 5 heteroatoms. The summed E-state index contributed by atoms with van der Waals surface area (Å²) in [7, 11) is 0. The van der Waals surface area contributed by atoms with Gasteiger partial charge in [0, 0.05) is 41.3 Å². The summed E-state index contributed by atoms with van der Waals surface area (Å²) in [5, 5.41) is 5.40. The predicted octanol–water partition coefficient (Wildman–Crippen LogP) is 4.51. The van der Waals surface area contributed by atoms with Crippen LogP contribution in [0.15, 0.2) is 71.4 Å². The molecule has 5 nitrogen and oxygen atoms in total. The van der Waals surface area contributed by atoms with Crippen LogP contribution in [0.3, 0.4) is 0 Å². The molecule has 0 saturated carbocycles. The number of nitrogens with zero attached hydrogens (tertiary/aromatic N) is 3. The van der Waals surface area contributed by atoms with Crippen LogP contribution < -0.4 is 0 Å². The third-order valence-corrected chi connectivity index (χ3v) is 5.09. The largest absolute Gasteiger partial charge is 0.361 e. The molecule has 5 rings (SSSR count). The van der Waals surface area contributed by atoms with Gasteiger partial charge in [-0.2, -0.15) is 4.98 Å². The second-order valence-corrected chi connectivity index (χ2v) is 6.84. The van der Waals surface area contributed by atoms with E-state index in [0.717, 1.165) is 25.1 Å². The summed E-state index contributed by atoms with van der Waals surface area (Å²) in [5.41, 5.74) is 4.89. The maximum Gasteiger partial charge on any atom is 0.241 e. The molecule has 0 saturated heterocycles. The molecule has 0 unspecified atom stereocenters. The first-order chi connectivity index (χ1) is 13.4. The number of benzene rings is 2. The Balaban J connectivity index is 1.29. The molecule has 2 aromatic heterocycles. The van der Waals surface area contributed by atoms with Gasteiger partial charge in [0.1, 0.15) is 0 Å². The minimum atomic E-state index is 0.651. The first-order valence-corrected chi connectivity index (χ1v) is 9.23. The SMILES string of the molecule is C1=C(c2c[nH]c3ccccc23)CCN(Cc2nc(-c3ccccc3)no2)C1. The van der Waals surface area contributed by atoms with Crippen LogP contribution in [-0.4, -0.2) is 33.1 Å². The molecule has 0 fully saturated rings. The topological polar surface area (TPSA) is 58.0 Å². The van der Waals surface area contributed by atoms with Crippen LogP contribution in [0, 0.1) is 0 Å². The Labute approximate surface area is 157 Å². The molecule has 0 spiro atoms. The number of rotatable bonds is 4. The number of fused-ring (bicyclic) bond motifs is 1. The van der Waals surface area contributed by atoms with Gasteiger partial charge in [-0.3, -0.25) is 4.90 Å². The van der Waals surface area contributed by atoms with Crippen molar-refractivity contribution in [2.24, 2.45) is 0 Å². The summed E-state index contributed by atoms with van der Waals surface area (Å²) < 4.78 is 5.45. The molecular weight excluding hydrogens is 336 g/mol. The Morgan fingerprint density at radius 3 is 2.74 bits per heavy atom. The zero-order valence-corrected chi connectivity index (χ0v) is 14.9. The average molecular weight is 356 g/mol. The van der Waals surface area contributed by atoms with Crippen LogP contribution >= 0.6 is 0 Å². The highest BCUT2D eigenvalue weighted by Crippen LogP contribution is 2.29. The molecule has 1 aliphatic heterocycles. The summed E-state index contributed by atoms with van der Waals surface area (Å²) in [4.78, 5) is 10.2. The van der Waals surface area contributed by atoms with E-state index in [-0.39, 0.29) is 0 Å². The van der Waals surface area contributed by atoms with E-state index in [1.54, 1.807) is 0 Å². The Bertz CT molecular complexity index is 1090. The molecule has 3 heterocycles. The lowest BCUT2D eigenvalue weighted by Crippen LogP contribution is -2.28. The molecule has 2 aromatic carbocycles. The number of hydrogen-bond acceptors (Lipinski definition) is 4. The van der Waals surface area contributed by atoms with Gasteiger partial charge in [-0.15, -0.1) is 0 Å². The van der Waals surface area contributed by atoms with Crippen LogP contribution in [0.5, 0.6) is 0 Å². The van der Waals surface area contributed by atoms with E-state index < -0.39 is 0 Å². The van der Waals surface area contributed by atoms with Crippen molar-refractivity contribution in [1.29, 1.82) is 0 Å². The van der Waals surface area contributed by atoms with Gasteiger partial charge in [-0.25, -0.2) is 0 Å². The van der Waals surface area contributed by atoms with Crippen molar-refractivity contribution in [3.63, 3.8) is 0 Å². The Morgan fingerprint density at radius 1 is 1.04 bits per heavy atom. The highest BCUT2D eigenvalue weighted by atomic mass is 16.5. The normalized spacial score (nSPS) is 15.2. The highest BCUT2D eigenvalue weighted by Gasteiger charge is 2.18. The first kappa shape index (κ1) is 16.0. The van der Waals surface area contributed by atoms with Crippen LogP contribution in [-0.2, 0) is 6.54 Å². The summed E-state index contributed by atoms with van der Waals surface area (Å²) >= 11 is 0. The molecule has 0 atom stereocenters. The molecule has 1 aliphatic rings. The van der Waals surface area contributed by atoms with Crippen LogP contribution in [0.1, 0.15) is 17.9 Å². The number of H-pyrrole nitrogens is 1. The molecule has 1 N–H and O–H groups in total. The van der Waals surface area contributed by atoms with Crippen molar-refractivity contribution in [1.82, 2.24) is 20.0 Å². The van der Waals surface area contributed by atoms with Gasteiger partial charge in [-0.05, 0) is 18.1 Å². The highest BCUT2D eigenvalue weighted by molar-refractivity contribution is 5.92. The summed E-state index contributed by atoms with van der Waals surface area (Å²) in [6.07, 6.45) is 5.45. The minimum Gasteiger partial charge on any atom is -0.361 e. The molecule has 0 bridgehead atoms. The third-order valence-electron chi connectivity index (χ3n) is 5.09. The maximum atomic E-state index is 5.45. The Hall–Kier alpha value is -3.18. The Morgan fingerprint density at radius 2 is 1.89 bits per heavy atom. The van der Waals surface area contributed by atoms with E-state index in [1.165, 1.54) is 22.0 Å². The van der Waals surface area contributed by atoms with Crippen molar-refractivity contribution in [2.45, 2.75) is 13.0 Å². The number of nitrogens with one attached hydrogen (secondary N) is 1. The summed E-state index contributed by atoms with van der Waals surface area (Å²) in [6.45, 7) is 2.55. The van der Waals surface area contributed by atoms with Crippen LogP contribution in [0.2, 0.25) is 0 Å². The van der Waals surface area contributed by atoms with Crippen molar-refractivity contribution in [2.75, 3.05) is 13.1 Å². The van der Waals surface area contributed by atoms with Gasteiger partial charge in [0.25, 0.3) is 0 Å². The average Bonchev–Trinajstić information content (AvgIpc) is 3.37. The summed E-state index contributed by atoms with van der Waals surface area (Å²) in [6, 6.07) is 18.4. The van der Waals surface area contributed by atoms with Gasteiger partial charge in [0.2, 0.25) is 11.7 Å². The molecule has 134 valence electrons. The fourth-order valence-corrected chi connectivity index (χ4v) is 3.65. The molecule has 0 aliphatic carbocycles. The molecule has 4 aromatic rings. The van der Waals surface area contributed by atoms with Gasteiger partial charge < -0.3 is 9.51 Å². The molecular formula is C22H20N4O. The van der Waals surface area contributed by atoms with E-state index >= 15 is 0 Å². The Kier molecular flexibility index (Phi) is 4.07. The van der Waals surface area contributed by atoms with Gasteiger partial charge in [0.05, 0.1) is 6.54 Å². The van der Waals surface area contributed by atoms with Gasteiger partial charge in [-0.1, -0.05) is 59.8 Å². The van der Waals surface area contributed by atoms with Gasteiger partial charge >= 0.3 is 0 Å². The quantitative estimate of drug-likeness (QED) is 0.585. The lowest BCUT2D eigenvalue weighted by atomic mass is 9.99. The van der Waals surface area contributed by atoms with E-state index in [4.69, 9.17) is 4.52 Å². The van der Waals surface area contributed by atoms with E-state index in [9.17, 15) is 0 Å². The van der Waals surface area contributed by atoms with E-state index in [1.807, 2.05) is 30.3 Å². The zero-order valence-electron chi connectivity index (χ0n) is 14.9. The lowest BCUT2D eigenvalue weighted by molar-refractivity contribution is 0.245. The monoisotopic (exact) mass is 356 g/mol. The summed E-state index contributed by atoms with van der Waals surface area (Å²) in [5.74, 6) is 1.32. The molecule has 0 amide bonds. The van der Waals surface area contributed by atoms with Crippen LogP contribution in [0.4, 0.5) is 0 Å². The predicted molar refractivity (Wildman–Crippen MR) is 106 cm³/mol. The van der Waals surface area contributed by atoms with E-state index in [0.29, 0.717) is 18.3 Å². The first-order valence-electron chi connectivity index (χ1n) is 9.23. The number of aromatic nitrogens is 3. The number of hydrogen-bond donors (Lipinski definition) is 1. The fourth-order valence-electron chi connectivity index (χ4n) is 3.65. The van der Waals surface area contributed by atoms with Crippen molar-refractivity contribution in [3.8, 4) is 11.4 Å².